The van der Waals surface area contributed by atoms with Crippen molar-refractivity contribution in [1.29, 1.82) is 0 Å². The largest absolute Gasteiger partial charge is 0.357 e. The van der Waals surface area contributed by atoms with Crippen molar-refractivity contribution in [2.24, 2.45) is 4.99 Å². The highest BCUT2D eigenvalue weighted by Crippen LogP contribution is 2.25. The summed E-state index contributed by atoms with van der Waals surface area (Å²) in [5, 5.41) is 5.98. The van der Waals surface area contributed by atoms with Crippen LogP contribution in [0.2, 0.25) is 4.34 Å². The van der Waals surface area contributed by atoms with Gasteiger partial charge in [0.2, 0.25) is 15.9 Å². The first-order valence-electron chi connectivity index (χ1n) is 8.50. The van der Waals surface area contributed by atoms with E-state index < -0.39 is 10.0 Å². The first-order chi connectivity index (χ1) is 12.4. The van der Waals surface area contributed by atoms with Crippen LogP contribution in [0.5, 0.6) is 0 Å². The van der Waals surface area contributed by atoms with Crippen molar-refractivity contribution in [3.63, 3.8) is 0 Å². The van der Waals surface area contributed by atoms with Gasteiger partial charge in [-0.1, -0.05) is 11.6 Å². The van der Waals surface area contributed by atoms with Crippen LogP contribution < -0.4 is 15.4 Å². The first-order valence-corrected chi connectivity index (χ1v) is 11.2. The SMILES string of the molecule is CCNC(=NCCNS(=O)(=O)c1ccc(Cl)s1)N(C)CC(=O)NC(C)(C)C.I. The van der Waals surface area contributed by atoms with E-state index in [1.807, 2.05) is 27.7 Å². The average Bonchev–Trinajstić information content (AvgIpc) is 2.95. The molecule has 1 aromatic heterocycles. The van der Waals surface area contributed by atoms with Crippen molar-refractivity contribution < 1.29 is 13.2 Å². The van der Waals surface area contributed by atoms with E-state index in [0.717, 1.165) is 11.3 Å². The molecule has 1 heterocycles. The highest BCUT2D eigenvalue weighted by Gasteiger charge is 2.17. The molecule has 0 unspecified atom stereocenters. The number of aliphatic imine (C=N–C) groups is 1. The van der Waals surface area contributed by atoms with Crippen LogP contribution in [0, 0.1) is 0 Å². The molecular weight excluding hydrogens is 537 g/mol. The molecule has 1 amide bonds. The van der Waals surface area contributed by atoms with E-state index in [1.54, 1.807) is 18.0 Å². The second-order valence-corrected chi connectivity index (χ2v) is 10.6. The van der Waals surface area contributed by atoms with Gasteiger partial charge in [-0.15, -0.1) is 35.3 Å². The Labute approximate surface area is 193 Å². The number of likely N-dealkylation sites (N-methyl/N-ethyl adjacent to an activating group) is 1. The lowest BCUT2D eigenvalue weighted by atomic mass is 10.1. The van der Waals surface area contributed by atoms with Crippen LogP contribution in [-0.4, -0.2) is 64.0 Å². The van der Waals surface area contributed by atoms with Gasteiger partial charge in [0.15, 0.2) is 5.96 Å². The molecule has 0 radical (unpaired) electrons. The summed E-state index contributed by atoms with van der Waals surface area (Å²) in [6.45, 7) is 8.79. The Morgan fingerprint density at radius 1 is 1.32 bits per heavy atom. The van der Waals surface area contributed by atoms with E-state index in [9.17, 15) is 13.2 Å². The lowest BCUT2D eigenvalue weighted by Gasteiger charge is -2.25. The predicted octanol–water partition coefficient (Wildman–Crippen LogP) is 2.11. The van der Waals surface area contributed by atoms with Gasteiger partial charge in [0.25, 0.3) is 0 Å². The summed E-state index contributed by atoms with van der Waals surface area (Å²) in [5.74, 6) is 0.408. The minimum Gasteiger partial charge on any atom is -0.357 e. The van der Waals surface area contributed by atoms with Crippen LogP contribution in [0.1, 0.15) is 27.7 Å². The Hall–Kier alpha value is -0.630. The molecule has 0 aromatic carbocycles. The van der Waals surface area contributed by atoms with E-state index in [1.165, 1.54) is 6.07 Å². The Bertz CT molecular complexity index is 763. The zero-order valence-electron chi connectivity index (χ0n) is 16.7. The Morgan fingerprint density at radius 3 is 2.46 bits per heavy atom. The molecule has 1 aromatic rings. The van der Waals surface area contributed by atoms with E-state index in [4.69, 9.17) is 11.6 Å². The number of sulfonamides is 1. The average molecular weight is 566 g/mol. The van der Waals surface area contributed by atoms with E-state index in [2.05, 4.69) is 20.3 Å². The van der Waals surface area contributed by atoms with Crippen molar-refractivity contribution in [2.75, 3.05) is 33.2 Å². The highest BCUT2D eigenvalue weighted by atomic mass is 127. The summed E-state index contributed by atoms with van der Waals surface area (Å²) in [6, 6.07) is 3.00. The van der Waals surface area contributed by atoms with Crippen LogP contribution in [0.3, 0.4) is 0 Å². The van der Waals surface area contributed by atoms with Gasteiger partial charge in [-0.2, -0.15) is 0 Å². The van der Waals surface area contributed by atoms with Crippen LogP contribution in [0.25, 0.3) is 0 Å². The lowest BCUT2D eigenvalue weighted by molar-refractivity contribution is -0.122. The third kappa shape index (κ3) is 10.2. The number of halogens is 2. The monoisotopic (exact) mass is 565 g/mol. The number of carbonyl (C=O) groups is 1. The summed E-state index contributed by atoms with van der Waals surface area (Å²) in [6.07, 6.45) is 0. The molecule has 12 heteroatoms. The zero-order valence-corrected chi connectivity index (χ0v) is 21.4. The molecule has 0 saturated heterocycles. The minimum atomic E-state index is -3.59. The molecule has 28 heavy (non-hydrogen) atoms. The molecule has 8 nitrogen and oxygen atoms in total. The van der Waals surface area contributed by atoms with Crippen molar-refractivity contribution in [2.45, 2.75) is 37.4 Å². The number of amides is 1. The summed E-state index contributed by atoms with van der Waals surface area (Å²) in [5.41, 5.74) is -0.309. The van der Waals surface area contributed by atoms with Crippen LogP contribution >= 0.6 is 46.9 Å². The Kier molecular flexibility index (Phi) is 11.9. The number of guanidine groups is 1. The molecule has 1 rings (SSSR count). The molecule has 0 spiro atoms. The van der Waals surface area contributed by atoms with E-state index in [-0.39, 0.29) is 59.3 Å². The van der Waals surface area contributed by atoms with Gasteiger partial charge in [0, 0.05) is 25.7 Å². The summed E-state index contributed by atoms with van der Waals surface area (Å²) >= 11 is 6.78. The third-order valence-corrected chi connectivity index (χ3v) is 6.25. The molecule has 0 fully saturated rings. The van der Waals surface area contributed by atoms with Gasteiger partial charge < -0.3 is 15.5 Å². The number of rotatable bonds is 8. The first kappa shape index (κ1) is 27.4. The van der Waals surface area contributed by atoms with Gasteiger partial charge in [-0.05, 0) is 39.8 Å². The van der Waals surface area contributed by atoms with Crippen LogP contribution in [0.4, 0.5) is 0 Å². The molecule has 0 aliphatic rings. The maximum Gasteiger partial charge on any atom is 0.250 e. The number of thiophene rings is 1. The maximum atomic E-state index is 12.1. The molecule has 162 valence electrons. The van der Waals surface area contributed by atoms with Gasteiger partial charge in [-0.3, -0.25) is 9.79 Å². The topological polar surface area (TPSA) is 103 Å². The van der Waals surface area contributed by atoms with Crippen molar-refractivity contribution >= 4 is 68.8 Å². The third-order valence-electron chi connectivity index (χ3n) is 3.07. The number of hydrogen-bond acceptors (Lipinski definition) is 5. The quantitative estimate of drug-likeness (QED) is 0.194. The number of hydrogen-bond donors (Lipinski definition) is 3. The van der Waals surface area contributed by atoms with Crippen molar-refractivity contribution in [3.8, 4) is 0 Å². The Balaban J connectivity index is 0.00000729. The minimum absolute atomic E-state index is 0. The fourth-order valence-electron chi connectivity index (χ4n) is 2.07. The second kappa shape index (κ2) is 12.2. The maximum absolute atomic E-state index is 12.1. The van der Waals surface area contributed by atoms with E-state index in [0.29, 0.717) is 16.8 Å². The standard InChI is InChI=1S/C16H28ClN5O3S2.HI/c1-6-18-15(22(5)11-13(23)21-16(2,3)4)19-9-10-20-27(24,25)14-8-7-12(17)26-14;/h7-8,20H,6,9-11H2,1-5H3,(H,18,19)(H,21,23);1H. The Morgan fingerprint density at radius 2 is 1.96 bits per heavy atom. The van der Waals surface area contributed by atoms with Gasteiger partial charge >= 0.3 is 0 Å². The van der Waals surface area contributed by atoms with Crippen molar-refractivity contribution in [3.05, 3.63) is 16.5 Å². The van der Waals surface area contributed by atoms with Crippen molar-refractivity contribution in [1.82, 2.24) is 20.3 Å². The fraction of sp³-hybridized carbons (Fsp3) is 0.625. The molecule has 0 aliphatic heterocycles. The molecular formula is C16H29ClIN5O3S2. The molecule has 0 aliphatic carbocycles. The molecule has 0 atom stereocenters. The number of nitrogens with zero attached hydrogens (tertiary/aromatic N) is 2. The van der Waals surface area contributed by atoms with Gasteiger partial charge in [-0.25, -0.2) is 13.1 Å². The molecule has 3 N–H and O–H groups in total. The van der Waals surface area contributed by atoms with E-state index >= 15 is 0 Å². The summed E-state index contributed by atoms with van der Waals surface area (Å²) < 4.78 is 27.4. The fourth-order valence-corrected chi connectivity index (χ4v) is 4.62. The summed E-state index contributed by atoms with van der Waals surface area (Å²) in [4.78, 5) is 18.1. The normalized spacial score (nSPS) is 12.3. The van der Waals surface area contributed by atoms with Gasteiger partial charge in [0.05, 0.1) is 17.4 Å². The smallest absolute Gasteiger partial charge is 0.250 e. The lowest BCUT2D eigenvalue weighted by Crippen LogP contribution is -2.48. The van der Waals surface area contributed by atoms with Crippen LogP contribution in [0.15, 0.2) is 21.3 Å². The molecule has 0 bridgehead atoms. The zero-order chi connectivity index (χ0) is 20.7. The number of nitrogens with one attached hydrogen (secondary N) is 3. The van der Waals surface area contributed by atoms with Crippen LogP contribution in [-0.2, 0) is 14.8 Å². The van der Waals surface area contributed by atoms with Gasteiger partial charge in [0.1, 0.15) is 4.21 Å². The second-order valence-electron chi connectivity index (χ2n) is 6.85. The highest BCUT2D eigenvalue weighted by molar-refractivity contribution is 14.0. The predicted molar refractivity (Wildman–Crippen MR) is 126 cm³/mol. The summed E-state index contributed by atoms with van der Waals surface area (Å²) in [7, 11) is -1.84. The number of carbonyl (C=O) groups excluding carboxylic acids is 1. The molecule has 0 saturated carbocycles.